The van der Waals surface area contributed by atoms with Gasteiger partial charge in [0.25, 0.3) is 0 Å². The molecule has 4 aromatic carbocycles. The molecular weight excluding hydrogens is 472 g/mol. The average Bonchev–Trinajstić information content (AvgIpc) is 3.41. The van der Waals surface area contributed by atoms with Crippen LogP contribution in [0.25, 0.3) is 0 Å². The molecule has 0 aromatic heterocycles. The second-order valence-corrected chi connectivity index (χ2v) is 9.74. The second kappa shape index (κ2) is 8.45. The summed E-state index contributed by atoms with van der Waals surface area (Å²) in [6.45, 7) is 0.849. The Labute approximate surface area is 203 Å². The van der Waals surface area contributed by atoms with Gasteiger partial charge in [-0.1, -0.05) is 107 Å². The van der Waals surface area contributed by atoms with E-state index < -0.39 is 0 Å². The minimum absolute atomic E-state index is 0.0182. The Morgan fingerprint density at radius 3 is 1.91 bits per heavy atom. The van der Waals surface area contributed by atoms with E-state index in [4.69, 9.17) is 4.84 Å². The summed E-state index contributed by atoms with van der Waals surface area (Å²) in [4.78, 5) is 9.34. The van der Waals surface area contributed by atoms with E-state index in [9.17, 15) is 0 Å². The lowest BCUT2D eigenvalue weighted by molar-refractivity contribution is -0.198. The Balaban J connectivity index is 1.50. The smallest absolute Gasteiger partial charge is 0.132 e. The number of benzene rings is 4. The normalized spacial score (nSPS) is 24.7. The van der Waals surface area contributed by atoms with E-state index in [2.05, 4.69) is 141 Å². The van der Waals surface area contributed by atoms with E-state index >= 15 is 0 Å². The van der Waals surface area contributed by atoms with Crippen molar-refractivity contribution in [2.75, 3.05) is 11.4 Å². The Morgan fingerprint density at radius 2 is 1.27 bits per heavy atom. The molecule has 2 aliphatic heterocycles. The average molecular weight is 497 g/mol. The lowest BCUT2D eigenvalue weighted by Gasteiger charge is -2.32. The molecule has 0 saturated carbocycles. The first-order chi connectivity index (χ1) is 16.2. The Hall–Kier alpha value is -2.92. The third kappa shape index (κ3) is 3.59. The second-order valence-electron chi connectivity index (χ2n) is 8.82. The molecule has 4 aromatic rings. The fraction of sp³-hybridized carbons (Fsp3) is 0.172. The van der Waals surface area contributed by atoms with E-state index in [1.807, 2.05) is 0 Å². The fourth-order valence-electron chi connectivity index (χ4n) is 5.33. The van der Waals surface area contributed by atoms with Crippen LogP contribution >= 0.6 is 15.9 Å². The molecule has 4 heteroatoms. The van der Waals surface area contributed by atoms with Crippen molar-refractivity contribution in [2.24, 2.45) is 0 Å². The highest BCUT2D eigenvalue weighted by molar-refractivity contribution is 9.10. The summed E-state index contributed by atoms with van der Waals surface area (Å²) in [6.07, 6.45) is 0.892. The van der Waals surface area contributed by atoms with Crippen molar-refractivity contribution in [1.82, 2.24) is 5.06 Å². The fourth-order valence-corrected chi connectivity index (χ4v) is 5.59. The number of halogens is 1. The third-order valence-electron chi connectivity index (χ3n) is 6.87. The van der Waals surface area contributed by atoms with Gasteiger partial charge in [0.15, 0.2) is 0 Å². The molecule has 6 rings (SSSR count). The van der Waals surface area contributed by atoms with Crippen molar-refractivity contribution in [3.05, 3.63) is 136 Å². The zero-order chi connectivity index (χ0) is 22.3. The molecule has 0 radical (unpaired) electrons. The van der Waals surface area contributed by atoms with Crippen LogP contribution in [0.3, 0.4) is 0 Å². The largest absolute Gasteiger partial charge is 0.348 e. The standard InChI is InChI=1S/C29H25BrN2O/c30-25-16-18-26(19-17-25)31-21-29(24-14-8-3-9-15-24)20-27(22-10-4-1-5-11-22)33-32(29)28(31)23-12-6-2-7-13-23/h1-19,27-28H,20-21H2/t27-,28-,29-/m0/s1. The molecule has 0 N–H and O–H groups in total. The molecule has 0 aliphatic carbocycles. The van der Waals surface area contributed by atoms with Gasteiger partial charge in [-0.25, -0.2) is 0 Å². The predicted octanol–water partition coefficient (Wildman–Crippen LogP) is 7.24. The molecule has 33 heavy (non-hydrogen) atoms. The number of anilines is 1. The maximum Gasteiger partial charge on any atom is 0.132 e. The highest BCUT2D eigenvalue weighted by atomic mass is 79.9. The zero-order valence-electron chi connectivity index (χ0n) is 18.2. The molecule has 3 atom stereocenters. The molecule has 2 saturated heterocycles. The monoisotopic (exact) mass is 496 g/mol. The Kier molecular flexibility index (Phi) is 5.30. The van der Waals surface area contributed by atoms with Gasteiger partial charge in [0.05, 0.1) is 5.54 Å². The Bertz CT molecular complexity index is 1220. The van der Waals surface area contributed by atoms with Gasteiger partial charge in [0.2, 0.25) is 0 Å². The SMILES string of the molecule is Brc1ccc(N2C[C@]3(c4ccccc4)C[C@@H](c4ccccc4)ON3[C@H]2c2ccccc2)cc1. The molecule has 0 unspecified atom stereocenters. The van der Waals surface area contributed by atoms with Crippen LogP contribution in [-0.2, 0) is 10.4 Å². The van der Waals surface area contributed by atoms with E-state index in [1.165, 1.54) is 22.4 Å². The molecule has 0 spiro atoms. The molecule has 2 heterocycles. The number of hydroxylamine groups is 2. The number of nitrogens with zero attached hydrogens (tertiary/aromatic N) is 2. The number of hydrogen-bond donors (Lipinski definition) is 0. The van der Waals surface area contributed by atoms with Crippen molar-refractivity contribution in [3.63, 3.8) is 0 Å². The van der Waals surface area contributed by atoms with Crippen molar-refractivity contribution >= 4 is 21.6 Å². The van der Waals surface area contributed by atoms with Crippen LogP contribution < -0.4 is 4.90 Å². The first kappa shape index (κ1) is 20.7. The minimum atomic E-state index is -0.255. The minimum Gasteiger partial charge on any atom is -0.348 e. The summed E-state index contributed by atoms with van der Waals surface area (Å²) in [5.74, 6) is 0. The van der Waals surface area contributed by atoms with Crippen LogP contribution in [0.2, 0.25) is 0 Å². The number of rotatable bonds is 4. The number of hydrogen-bond acceptors (Lipinski definition) is 3. The predicted molar refractivity (Wildman–Crippen MR) is 136 cm³/mol. The van der Waals surface area contributed by atoms with Crippen molar-refractivity contribution in [1.29, 1.82) is 0 Å². The van der Waals surface area contributed by atoms with Crippen LogP contribution in [0.4, 0.5) is 5.69 Å². The first-order valence-electron chi connectivity index (χ1n) is 11.4. The lowest BCUT2D eigenvalue weighted by Crippen LogP contribution is -2.37. The van der Waals surface area contributed by atoms with Gasteiger partial charge in [-0.3, -0.25) is 4.84 Å². The molecule has 2 aliphatic rings. The summed E-state index contributed by atoms with van der Waals surface area (Å²) in [5, 5.41) is 2.28. The Morgan fingerprint density at radius 1 is 0.697 bits per heavy atom. The van der Waals surface area contributed by atoms with E-state index in [0.29, 0.717) is 0 Å². The third-order valence-corrected chi connectivity index (χ3v) is 7.40. The number of fused-ring (bicyclic) bond motifs is 1. The summed E-state index contributed by atoms with van der Waals surface area (Å²) < 4.78 is 1.08. The van der Waals surface area contributed by atoms with Crippen LogP contribution in [0.1, 0.15) is 35.4 Å². The highest BCUT2D eigenvalue weighted by Crippen LogP contribution is 2.56. The molecule has 164 valence electrons. The summed E-state index contributed by atoms with van der Waals surface area (Å²) in [7, 11) is 0. The van der Waals surface area contributed by atoms with Crippen molar-refractivity contribution in [2.45, 2.75) is 24.2 Å². The van der Waals surface area contributed by atoms with Gasteiger partial charge in [-0.2, -0.15) is 0 Å². The maximum atomic E-state index is 6.85. The molecule has 2 fully saturated rings. The van der Waals surface area contributed by atoms with Crippen LogP contribution in [-0.4, -0.2) is 11.6 Å². The summed E-state index contributed by atoms with van der Waals surface area (Å²) in [5.41, 5.74) is 4.69. The van der Waals surface area contributed by atoms with Gasteiger partial charge in [0.1, 0.15) is 12.3 Å². The molecule has 0 amide bonds. The van der Waals surface area contributed by atoms with Gasteiger partial charge >= 0.3 is 0 Å². The van der Waals surface area contributed by atoms with Crippen LogP contribution in [0.15, 0.2) is 120 Å². The van der Waals surface area contributed by atoms with Crippen LogP contribution in [0, 0.1) is 0 Å². The van der Waals surface area contributed by atoms with Crippen molar-refractivity contribution in [3.8, 4) is 0 Å². The quantitative estimate of drug-likeness (QED) is 0.296. The highest BCUT2D eigenvalue weighted by Gasteiger charge is 2.59. The van der Waals surface area contributed by atoms with Gasteiger partial charge in [0, 0.05) is 23.1 Å². The van der Waals surface area contributed by atoms with E-state index in [-0.39, 0.29) is 17.8 Å². The van der Waals surface area contributed by atoms with E-state index in [0.717, 1.165) is 17.4 Å². The summed E-state index contributed by atoms with van der Waals surface area (Å²) in [6, 6.07) is 40.8. The van der Waals surface area contributed by atoms with Crippen LogP contribution in [0.5, 0.6) is 0 Å². The first-order valence-corrected chi connectivity index (χ1v) is 12.2. The lowest BCUT2D eigenvalue weighted by atomic mass is 9.84. The van der Waals surface area contributed by atoms with E-state index in [1.54, 1.807) is 0 Å². The zero-order valence-corrected chi connectivity index (χ0v) is 19.8. The molecule has 3 nitrogen and oxygen atoms in total. The molecule has 0 bridgehead atoms. The van der Waals surface area contributed by atoms with Gasteiger partial charge in [-0.15, -0.1) is 5.06 Å². The maximum absolute atomic E-state index is 6.85. The van der Waals surface area contributed by atoms with Gasteiger partial charge in [-0.05, 0) is 41.0 Å². The van der Waals surface area contributed by atoms with Gasteiger partial charge < -0.3 is 4.90 Å². The molecular formula is C29H25BrN2O. The topological polar surface area (TPSA) is 15.7 Å². The van der Waals surface area contributed by atoms with Crippen molar-refractivity contribution < 1.29 is 4.84 Å². The summed E-state index contributed by atoms with van der Waals surface area (Å²) >= 11 is 3.59.